The molecule has 0 N–H and O–H groups in total. The van der Waals surface area contributed by atoms with E-state index >= 15 is 0 Å². The number of carbonyl (C=O) groups is 1. The summed E-state index contributed by atoms with van der Waals surface area (Å²) >= 11 is 1.66. The van der Waals surface area contributed by atoms with Gasteiger partial charge in [0.1, 0.15) is 5.69 Å². The molecule has 0 bridgehead atoms. The van der Waals surface area contributed by atoms with Gasteiger partial charge >= 0.3 is 0 Å². The van der Waals surface area contributed by atoms with Crippen molar-refractivity contribution in [1.82, 2.24) is 19.9 Å². The molecule has 7 heteroatoms. The van der Waals surface area contributed by atoms with Gasteiger partial charge in [-0.2, -0.15) is 0 Å². The first-order valence-corrected chi connectivity index (χ1v) is 9.96. The highest BCUT2D eigenvalue weighted by Crippen LogP contribution is 2.34. The molecule has 25 heavy (non-hydrogen) atoms. The third-order valence-corrected chi connectivity index (χ3v) is 6.10. The molecule has 1 saturated carbocycles. The fourth-order valence-corrected chi connectivity index (χ4v) is 4.61. The summed E-state index contributed by atoms with van der Waals surface area (Å²) in [4.78, 5) is 30.0. The Morgan fingerprint density at radius 3 is 2.48 bits per heavy atom. The van der Waals surface area contributed by atoms with Crippen LogP contribution >= 0.6 is 11.3 Å². The van der Waals surface area contributed by atoms with E-state index in [1.54, 1.807) is 23.7 Å². The van der Waals surface area contributed by atoms with Gasteiger partial charge in [-0.05, 0) is 18.9 Å². The Labute approximate surface area is 151 Å². The third kappa shape index (κ3) is 3.66. The molecule has 1 aliphatic carbocycles. The van der Waals surface area contributed by atoms with Crippen molar-refractivity contribution in [3.8, 4) is 0 Å². The van der Waals surface area contributed by atoms with Gasteiger partial charge in [0.2, 0.25) is 5.95 Å². The molecule has 0 unspecified atom stereocenters. The van der Waals surface area contributed by atoms with Gasteiger partial charge in [0.05, 0.1) is 5.01 Å². The largest absolute Gasteiger partial charge is 0.337 e. The van der Waals surface area contributed by atoms with Crippen molar-refractivity contribution < 1.29 is 4.79 Å². The van der Waals surface area contributed by atoms with Gasteiger partial charge < -0.3 is 9.80 Å². The first-order chi connectivity index (χ1) is 12.3. The number of hydrogen-bond acceptors (Lipinski definition) is 6. The molecular formula is C18H23N5OS. The Bertz CT molecular complexity index is 705. The second-order valence-corrected chi connectivity index (χ2v) is 7.62. The van der Waals surface area contributed by atoms with Crippen LogP contribution in [0.2, 0.25) is 0 Å². The van der Waals surface area contributed by atoms with Crippen molar-refractivity contribution in [3.05, 3.63) is 34.5 Å². The standard InChI is InChI=1S/C18H23N5OS/c24-17(15-13-25-16(21-15)14-5-2-1-3-6-14)22-9-11-23(12-10-22)18-19-7-4-8-20-18/h4,7-8,13-14H,1-3,5-6,9-12H2. The lowest BCUT2D eigenvalue weighted by atomic mass is 9.90. The molecule has 1 amide bonds. The maximum absolute atomic E-state index is 12.8. The van der Waals surface area contributed by atoms with Crippen LogP contribution < -0.4 is 4.90 Å². The van der Waals surface area contributed by atoms with Crippen molar-refractivity contribution in [2.45, 2.75) is 38.0 Å². The minimum Gasteiger partial charge on any atom is -0.337 e. The number of thiazole rings is 1. The molecule has 1 saturated heterocycles. The smallest absolute Gasteiger partial charge is 0.273 e. The molecule has 0 atom stereocenters. The summed E-state index contributed by atoms with van der Waals surface area (Å²) in [7, 11) is 0. The topological polar surface area (TPSA) is 62.2 Å². The molecular weight excluding hydrogens is 334 g/mol. The van der Waals surface area contributed by atoms with Crippen molar-refractivity contribution in [3.63, 3.8) is 0 Å². The van der Waals surface area contributed by atoms with E-state index < -0.39 is 0 Å². The van der Waals surface area contributed by atoms with Crippen LogP contribution in [0, 0.1) is 0 Å². The second kappa shape index (κ2) is 7.47. The Kier molecular flexibility index (Phi) is 4.92. The quantitative estimate of drug-likeness (QED) is 0.845. The van der Waals surface area contributed by atoms with Crippen LogP contribution in [0.3, 0.4) is 0 Å². The normalized spacial score (nSPS) is 19.2. The van der Waals surface area contributed by atoms with Crippen LogP contribution in [-0.4, -0.2) is 51.9 Å². The highest BCUT2D eigenvalue weighted by Gasteiger charge is 2.26. The van der Waals surface area contributed by atoms with Crippen LogP contribution in [0.4, 0.5) is 5.95 Å². The zero-order valence-corrected chi connectivity index (χ0v) is 15.1. The minimum absolute atomic E-state index is 0.0620. The maximum Gasteiger partial charge on any atom is 0.273 e. The summed E-state index contributed by atoms with van der Waals surface area (Å²) in [5.74, 6) is 1.36. The van der Waals surface area contributed by atoms with Crippen molar-refractivity contribution >= 4 is 23.2 Å². The van der Waals surface area contributed by atoms with Crippen LogP contribution in [0.15, 0.2) is 23.8 Å². The molecule has 2 fully saturated rings. The number of anilines is 1. The molecule has 6 nitrogen and oxygen atoms in total. The van der Waals surface area contributed by atoms with E-state index in [-0.39, 0.29) is 5.91 Å². The van der Waals surface area contributed by atoms with Crippen molar-refractivity contribution in [2.75, 3.05) is 31.1 Å². The maximum atomic E-state index is 12.8. The monoisotopic (exact) mass is 357 g/mol. The van der Waals surface area contributed by atoms with Gasteiger partial charge in [0, 0.05) is 49.9 Å². The van der Waals surface area contributed by atoms with Crippen LogP contribution in [0.25, 0.3) is 0 Å². The average molecular weight is 357 g/mol. The fraction of sp³-hybridized carbons (Fsp3) is 0.556. The lowest BCUT2D eigenvalue weighted by Crippen LogP contribution is -2.49. The van der Waals surface area contributed by atoms with E-state index in [0.717, 1.165) is 24.0 Å². The minimum atomic E-state index is 0.0620. The van der Waals surface area contributed by atoms with Crippen LogP contribution in [0.1, 0.15) is 53.5 Å². The van der Waals surface area contributed by atoms with Crippen LogP contribution in [-0.2, 0) is 0 Å². The molecule has 4 rings (SSSR count). The SMILES string of the molecule is O=C(c1csc(C2CCCCC2)n1)N1CCN(c2ncccn2)CC1. The lowest BCUT2D eigenvalue weighted by Gasteiger charge is -2.34. The Balaban J connectivity index is 1.37. The van der Waals surface area contributed by atoms with Gasteiger partial charge in [-0.1, -0.05) is 19.3 Å². The van der Waals surface area contributed by atoms with E-state index in [4.69, 9.17) is 0 Å². The van der Waals surface area contributed by atoms with E-state index in [1.807, 2.05) is 16.3 Å². The molecule has 2 aromatic rings. The number of piperazine rings is 1. The van der Waals surface area contributed by atoms with Gasteiger partial charge in [0.15, 0.2) is 0 Å². The van der Waals surface area contributed by atoms with E-state index in [2.05, 4.69) is 19.9 Å². The van der Waals surface area contributed by atoms with Crippen molar-refractivity contribution in [2.24, 2.45) is 0 Å². The summed E-state index contributed by atoms with van der Waals surface area (Å²) in [6.07, 6.45) is 9.86. The van der Waals surface area contributed by atoms with Crippen LogP contribution in [0.5, 0.6) is 0 Å². The number of hydrogen-bond donors (Lipinski definition) is 0. The van der Waals surface area contributed by atoms with Gasteiger partial charge in [0.25, 0.3) is 5.91 Å². The van der Waals surface area contributed by atoms with E-state index in [1.165, 1.54) is 32.1 Å². The summed E-state index contributed by atoms with van der Waals surface area (Å²) in [5, 5.41) is 3.10. The molecule has 0 aromatic carbocycles. The Morgan fingerprint density at radius 1 is 1.04 bits per heavy atom. The molecule has 2 aromatic heterocycles. The lowest BCUT2D eigenvalue weighted by molar-refractivity contribution is 0.0741. The number of carbonyl (C=O) groups excluding carboxylic acids is 1. The third-order valence-electron chi connectivity index (χ3n) is 5.10. The highest BCUT2D eigenvalue weighted by atomic mass is 32.1. The van der Waals surface area contributed by atoms with E-state index in [9.17, 15) is 4.79 Å². The Hall–Kier alpha value is -2.02. The zero-order valence-electron chi connectivity index (χ0n) is 14.3. The van der Waals surface area contributed by atoms with Gasteiger partial charge in [-0.3, -0.25) is 4.79 Å². The summed E-state index contributed by atoms with van der Waals surface area (Å²) < 4.78 is 0. The molecule has 1 aliphatic heterocycles. The summed E-state index contributed by atoms with van der Waals surface area (Å²) in [6, 6.07) is 1.81. The Morgan fingerprint density at radius 2 is 1.76 bits per heavy atom. The molecule has 3 heterocycles. The average Bonchev–Trinajstić information content (AvgIpc) is 3.19. The number of amides is 1. The summed E-state index contributed by atoms with van der Waals surface area (Å²) in [6.45, 7) is 2.89. The predicted octanol–water partition coefficient (Wildman–Crippen LogP) is 2.94. The van der Waals surface area contributed by atoms with Crippen molar-refractivity contribution in [1.29, 1.82) is 0 Å². The molecule has 2 aliphatic rings. The number of nitrogens with zero attached hydrogens (tertiary/aromatic N) is 5. The highest BCUT2D eigenvalue weighted by molar-refractivity contribution is 7.09. The first kappa shape index (κ1) is 16.4. The van der Waals surface area contributed by atoms with E-state index in [0.29, 0.717) is 24.7 Å². The van der Waals surface area contributed by atoms with Gasteiger partial charge in [-0.25, -0.2) is 15.0 Å². The molecule has 132 valence electrons. The summed E-state index contributed by atoms with van der Waals surface area (Å²) in [5.41, 5.74) is 0.620. The van der Waals surface area contributed by atoms with Gasteiger partial charge in [-0.15, -0.1) is 11.3 Å². The molecule has 0 spiro atoms. The second-order valence-electron chi connectivity index (χ2n) is 6.73. The fourth-order valence-electron chi connectivity index (χ4n) is 3.65. The number of aromatic nitrogens is 3. The predicted molar refractivity (Wildman–Crippen MR) is 98.1 cm³/mol. The zero-order chi connectivity index (χ0) is 17.1. The number of rotatable bonds is 3. The first-order valence-electron chi connectivity index (χ1n) is 9.08. The molecule has 0 radical (unpaired) electrons.